The Labute approximate surface area is 104 Å². The SMILES string of the molecule is CNC1CCN(Cc2cccc(Br)c2)C1=O. The monoisotopic (exact) mass is 282 g/mol. The lowest BCUT2D eigenvalue weighted by molar-refractivity contribution is -0.129. The van der Waals surface area contributed by atoms with E-state index in [0.29, 0.717) is 6.54 Å². The van der Waals surface area contributed by atoms with Crippen molar-refractivity contribution in [3.05, 3.63) is 34.3 Å². The molecule has 0 aromatic heterocycles. The number of halogens is 1. The maximum atomic E-state index is 11.9. The molecule has 1 fully saturated rings. The van der Waals surface area contributed by atoms with Gasteiger partial charge in [0.2, 0.25) is 5.91 Å². The van der Waals surface area contributed by atoms with Gasteiger partial charge < -0.3 is 10.2 Å². The molecule has 16 heavy (non-hydrogen) atoms. The number of carbonyl (C=O) groups is 1. The number of hydrogen-bond donors (Lipinski definition) is 1. The highest BCUT2D eigenvalue weighted by molar-refractivity contribution is 9.10. The van der Waals surface area contributed by atoms with Gasteiger partial charge in [-0.1, -0.05) is 28.1 Å². The van der Waals surface area contributed by atoms with E-state index in [9.17, 15) is 4.79 Å². The Morgan fingerprint density at radius 3 is 3.00 bits per heavy atom. The van der Waals surface area contributed by atoms with Crippen LogP contribution in [0.3, 0.4) is 0 Å². The van der Waals surface area contributed by atoms with Gasteiger partial charge in [-0.15, -0.1) is 0 Å². The first-order valence-corrected chi connectivity index (χ1v) is 6.20. The maximum absolute atomic E-state index is 11.9. The summed E-state index contributed by atoms with van der Waals surface area (Å²) in [6, 6.07) is 8.10. The van der Waals surface area contributed by atoms with E-state index < -0.39 is 0 Å². The minimum Gasteiger partial charge on any atom is -0.337 e. The lowest BCUT2D eigenvalue weighted by Gasteiger charge is -2.16. The first kappa shape index (κ1) is 11.6. The van der Waals surface area contributed by atoms with Gasteiger partial charge in [0.1, 0.15) is 0 Å². The summed E-state index contributed by atoms with van der Waals surface area (Å²) in [5, 5.41) is 3.04. The third-order valence-corrected chi connectivity index (χ3v) is 3.40. The van der Waals surface area contributed by atoms with Crippen molar-refractivity contribution in [3.8, 4) is 0 Å². The van der Waals surface area contributed by atoms with Crippen molar-refractivity contribution < 1.29 is 4.79 Å². The van der Waals surface area contributed by atoms with E-state index >= 15 is 0 Å². The van der Waals surface area contributed by atoms with E-state index in [1.807, 2.05) is 30.1 Å². The molecule has 0 bridgehead atoms. The van der Waals surface area contributed by atoms with Crippen LogP contribution in [0.4, 0.5) is 0 Å². The van der Waals surface area contributed by atoms with Crippen molar-refractivity contribution >= 4 is 21.8 Å². The third-order valence-electron chi connectivity index (χ3n) is 2.91. The summed E-state index contributed by atoms with van der Waals surface area (Å²) < 4.78 is 1.06. The Morgan fingerprint density at radius 1 is 1.56 bits per heavy atom. The second kappa shape index (κ2) is 4.97. The van der Waals surface area contributed by atoms with Crippen LogP contribution in [-0.2, 0) is 11.3 Å². The summed E-state index contributed by atoms with van der Waals surface area (Å²) in [5.41, 5.74) is 1.17. The van der Waals surface area contributed by atoms with Gasteiger partial charge in [-0.2, -0.15) is 0 Å². The molecular formula is C12H15BrN2O. The summed E-state index contributed by atoms with van der Waals surface area (Å²) in [4.78, 5) is 13.8. The van der Waals surface area contributed by atoms with Crippen molar-refractivity contribution in [3.63, 3.8) is 0 Å². The smallest absolute Gasteiger partial charge is 0.240 e. The summed E-state index contributed by atoms with van der Waals surface area (Å²) in [6.07, 6.45) is 0.906. The van der Waals surface area contributed by atoms with Gasteiger partial charge in [-0.25, -0.2) is 0 Å². The average Bonchev–Trinajstić information content (AvgIpc) is 2.60. The highest BCUT2D eigenvalue weighted by atomic mass is 79.9. The molecule has 1 aromatic carbocycles. The summed E-state index contributed by atoms with van der Waals surface area (Å²) in [7, 11) is 1.84. The number of benzene rings is 1. The Morgan fingerprint density at radius 2 is 2.38 bits per heavy atom. The molecule has 1 amide bonds. The zero-order chi connectivity index (χ0) is 11.5. The number of amides is 1. The molecule has 1 aromatic rings. The van der Waals surface area contributed by atoms with Crippen LogP contribution in [0.25, 0.3) is 0 Å². The van der Waals surface area contributed by atoms with Crippen LogP contribution in [0.2, 0.25) is 0 Å². The molecule has 0 radical (unpaired) electrons. The normalized spacial score (nSPS) is 20.5. The van der Waals surface area contributed by atoms with Crippen LogP contribution in [0.15, 0.2) is 28.7 Å². The second-order valence-corrected chi connectivity index (χ2v) is 4.94. The van der Waals surface area contributed by atoms with E-state index in [4.69, 9.17) is 0 Å². The van der Waals surface area contributed by atoms with Gasteiger partial charge in [-0.3, -0.25) is 4.79 Å². The molecule has 1 heterocycles. The Hall–Kier alpha value is -0.870. The van der Waals surface area contributed by atoms with E-state index in [1.165, 1.54) is 5.56 Å². The molecule has 3 nitrogen and oxygen atoms in total. The molecule has 2 rings (SSSR count). The Bertz CT molecular complexity index is 394. The third kappa shape index (κ3) is 2.44. The summed E-state index contributed by atoms with van der Waals surface area (Å²) >= 11 is 3.44. The van der Waals surface area contributed by atoms with Gasteiger partial charge in [-0.05, 0) is 31.2 Å². The van der Waals surface area contributed by atoms with E-state index in [1.54, 1.807) is 0 Å². The predicted octanol–water partition coefficient (Wildman–Crippen LogP) is 1.77. The number of nitrogens with one attached hydrogen (secondary N) is 1. The van der Waals surface area contributed by atoms with Gasteiger partial charge >= 0.3 is 0 Å². The number of carbonyl (C=O) groups excluding carboxylic acids is 1. The molecular weight excluding hydrogens is 268 g/mol. The lowest BCUT2D eigenvalue weighted by Crippen LogP contribution is -2.35. The molecule has 1 atom stereocenters. The fraction of sp³-hybridized carbons (Fsp3) is 0.417. The molecule has 1 aliphatic heterocycles. The van der Waals surface area contributed by atoms with Crippen molar-refractivity contribution in [2.75, 3.05) is 13.6 Å². The van der Waals surface area contributed by atoms with Crippen molar-refractivity contribution in [1.82, 2.24) is 10.2 Å². The lowest BCUT2D eigenvalue weighted by atomic mass is 10.2. The molecule has 4 heteroatoms. The minimum absolute atomic E-state index is 0.00662. The Balaban J connectivity index is 2.03. The number of rotatable bonds is 3. The average molecular weight is 283 g/mol. The maximum Gasteiger partial charge on any atom is 0.240 e. The molecule has 1 unspecified atom stereocenters. The molecule has 86 valence electrons. The van der Waals surface area contributed by atoms with Crippen LogP contribution in [0, 0.1) is 0 Å². The zero-order valence-corrected chi connectivity index (χ0v) is 10.8. The highest BCUT2D eigenvalue weighted by Crippen LogP contribution is 2.17. The van der Waals surface area contributed by atoms with Crippen molar-refractivity contribution in [2.45, 2.75) is 19.0 Å². The summed E-state index contributed by atoms with van der Waals surface area (Å²) in [6.45, 7) is 1.55. The largest absolute Gasteiger partial charge is 0.337 e. The number of hydrogen-bond acceptors (Lipinski definition) is 2. The molecule has 0 spiro atoms. The first-order chi connectivity index (χ1) is 7.70. The predicted molar refractivity (Wildman–Crippen MR) is 67.0 cm³/mol. The van der Waals surface area contributed by atoms with E-state index in [2.05, 4.69) is 27.3 Å². The van der Waals surface area contributed by atoms with E-state index in [0.717, 1.165) is 17.4 Å². The topological polar surface area (TPSA) is 32.3 Å². The highest BCUT2D eigenvalue weighted by Gasteiger charge is 2.29. The first-order valence-electron chi connectivity index (χ1n) is 5.41. The molecule has 0 aliphatic carbocycles. The molecule has 1 saturated heterocycles. The van der Waals surface area contributed by atoms with Crippen LogP contribution < -0.4 is 5.32 Å². The summed E-state index contributed by atoms with van der Waals surface area (Å²) in [5.74, 6) is 0.211. The fourth-order valence-electron chi connectivity index (χ4n) is 2.02. The van der Waals surface area contributed by atoms with Gasteiger partial charge in [0.25, 0.3) is 0 Å². The van der Waals surface area contributed by atoms with Crippen LogP contribution in [0.5, 0.6) is 0 Å². The number of likely N-dealkylation sites (tertiary alicyclic amines) is 1. The minimum atomic E-state index is 0.00662. The van der Waals surface area contributed by atoms with Crippen molar-refractivity contribution in [2.24, 2.45) is 0 Å². The standard InChI is InChI=1S/C12H15BrN2O/c1-14-11-5-6-15(12(11)16)8-9-3-2-4-10(13)7-9/h2-4,7,11,14H,5-6,8H2,1H3. The van der Waals surface area contributed by atoms with E-state index in [-0.39, 0.29) is 11.9 Å². The van der Waals surface area contributed by atoms with Gasteiger partial charge in [0.05, 0.1) is 6.04 Å². The van der Waals surface area contributed by atoms with Gasteiger partial charge in [0, 0.05) is 17.6 Å². The fourth-order valence-corrected chi connectivity index (χ4v) is 2.47. The molecule has 1 N–H and O–H groups in total. The second-order valence-electron chi connectivity index (χ2n) is 4.02. The van der Waals surface area contributed by atoms with Gasteiger partial charge in [0.15, 0.2) is 0 Å². The number of likely N-dealkylation sites (N-methyl/N-ethyl adjacent to an activating group) is 1. The molecule has 0 saturated carbocycles. The number of nitrogens with zero attached hydrogens (tertiary/aromatic N) is 1. The quantitative estimate of drug-likeness (QED) is 0.917. The zero-order valence-electron chi connectivity index (χ0n) is 9.24. The van der Waals surface area contributed by atoms with Crippen molar-refractivity contribution in [1.29, 1.82) is 0 Å². The molecule has 1 aliphatic rings. The Kier molecular flexibility index (Phi) is 3.61. The van der Waals surface area contributed by atoms with Crippen LogP contribution in [-0.4, -0.2) is 30.4 Å². The van der Waals surface area contributed by atoms with Crippen LogP contribution in [0.1, 0.15) is 12.0 Å². The van der Waals surface area contributed by atoms with Crippen LogP contribution >= 0.6 is 15.9 Å².